The maximum Gasteiger partial charge on any atom is 0.335 e. The molecule has 0 saturated carbocycles. The average molecular weight is 320 g/mol. The van der Waals surface area contributed by atoms with Crippen LogP contribution in [0.1, 0.15) is 10.4 Å². The average Bonchev–Trinajstić information content (AvgIpc) is 2.52. The zero-order valence-electron chi connectivity index (χ0n) is 11.7. The summed E-state index contributed by atoms with van der Waals surface area (Å²) in [6, 6.07) is 14.8. The molecule has 1 aromatic heterocycles. The highest BCUT2D eigenvalue weighted by Crippen LogP contribution is 2.20. The lowest BCUT2D eigenvalue weighted by atomic mass is 10.1. The fourth-order valence-electron chi connectivity index (χ4n) is 1.90. The largest absolute Gasteiger partial charge is 0.478 e. The highest BCUT2D eigenvalue weighted by Gasteiger charge is 2.05. The van der Waals surface area contributed by atoms with Gasteiger partial charge in [-0.3, -0.25) is 4.79 Å². The molecule has 0 atom stereocenters. The molecule has 2 aromatic carbocycles. The van der Waals surface area contributed by atoms with Gasteiger partial charge in [-0.05, 0) is 24.3 Å². The first-order valence-corrected chi connectivity index (χ1v) is 6.15. The number of rotatable bonds is 2. The number of carbonyl (C=O) groups excluding carboxylic acids is 1. The van der Waals surface area contributed by atoms with Crippen LogP contribution in [0.5, 0.6) is 0 Å². The Balaban J connectivity index is 0.000000436. The highest BCUT2D eigenvalue weighted by atomic mass is 35.5. The molecule has 0 spiro atoms. The third kappa shape index (κ3) is 3.93. The Bertz CT molecular complexity index is 804. The number of nitrogens with zero attached hydrogens (tertiary/aromatic N) is 1. The fraction of sp³-hybridized carbons (Fsp3) is 0.0625. The molecule has 0 radical (unpaired) electrons. The van der Waals surface area contributed by atoms with E-state index in [-0.39, 0.29) is 18.0 Å². The predicted molar refractivity (Wildman–Crippen MR) is 86.5 cm³/mol. The van der Waals surface area contributed by atoms with E-state index in [2.05, 4.69) is 9.72 Å². The van der Waals surface area contributed by atoms with Gasteiger partial charge in [0.05, 0.1) is 23.7 Å². The van der Waals surface area contributed by atoms with Crippen molar-refractivity contribution in [2.75, 3.05) is 7.11 Å². The van der Waals surface area contributed by atoms with Crippen LogP contribution < -0.4 is 0 Å². The van der Waals surface area contributed by atoms with E-state index in [9.17, 15) is 4.79 Å². The molecule has 1 N–H and O–H groups in total. The van der Waals surface area contributed by atoms with E-state index < -0.39 is 5.97 Å². The summed E-state index contributed by atoms with van der Waals surface area (Å²) >= 11 is 0. The Hall–Kier alpha value is -2.66. The molecule has 22 heavy (non-hydrogen) atoms. The first-order valence-electron chi connectivity index (χ1n) is 6.15. The van der Waals surface area contributed by atoms with Gasteiger partial charge in [-0.25, -0.2) is 9.78 Å². The van der Waals surface area contributed by atoms with Crippen LogP contribution in [0.3, 0.4) is 0 Å². The lowest BCUT2D eigenvalue weighted by Gasteiger charge is -2.02. The summed E-state index contributed by atoms with van der Waals surface area (Å²) in [4.78, 5) is 24.3. The van der Waals surface area contributed by atoms with Gasteiger partial charge in [0.25, 0.3) is 6.47 Å². The van der Waals surface area contributed by atoms with Crippen molar-refractivity contribution in [3.05, 3.63) is 54.1 Å². The Morgan fingerprint density at radius 2 is 1.73 bits per heavy atom. The number of fused-ring (bicyclic) bond motifs is 2. The Morgan fingerprint density at radius 1 is 1.09 bits per heavy atom. The molecule has 1 heterocycles. The molecule has 0 unspecified atom stereocenters. The molecule has 0 aliphatic carbocycles. The molecule has 0 fully saturated rings. The zero-order chi connectivity index (χ0) is 15.2. The van der Waals surface area contributed by atoms with Crippen LogP contribution >= 0.6 is 12.4 Å². The number of methoxy groups -OCH3 is 1. The summed E-state index contributed by atoms with van der Waals surface area (Å²) < 4.78 is 3.86. The summed E-state index contributed by atoms with van der Waals surface area (Å²) in [5.74, 6) is -0.929. The number of halogens is 1. The number of hydrogen-bond acceptors (Lipinski definition) is 4. The number of hydrogen-bond donors (Lipinski definition) is 1. The van der Waals surface area contributed by atoms with Gasteiger partial charge in [0.1, 0.15) is 0 Å². The molecule has 6 heteroatoms. The molecule has 3 aromatic rings. The monoisotopic (exact) mass is 319 g/mol. The highest BCUT2D eigenvalue weighted by molar-refractivity contribution is 5.97. The van der Waals surface area contributed by atoms with E-state index in [4.69, 9.17) is 9.90 Å². The van der Waals surface area contributed by atoms with E-state index in [1.54, 1.807) is 18.2 Å². The van der Waals surface area contributed by atoms with Crippen LogP contribution in [0, 0.1) is 0 Å². The predicted octanol–water partition coefficient (Wildman–Crippen LogP) is 3.30. The van der Waals surface area contributed by atoms with Gasteiger partial charge < -0.3 is 9.84 Å². The van der Waals surface area contributed by atoms with Crippen molar-refractivity contribution in [1.29, 1.82) is 0 Å². The second-order valence-corrected chi connectivity index (χ2v) is 4.23. The van der Waals surface area contributed by atoms with Crippen molar-refractivity contribution in [2.45, 2.75) is 0 Å². The first kappa shape index (κ1) is 17.4. The van der Waals surface area contributed by atoms with E-state index in [0.717, 1.165) is 16.3 Å². The lowest BCUT2D eigenvalue weighted by Crippen LogP contribution is -1.95. The van der Waals surface area contributed by atoms with Crippen LogP contribution in [0.25, 0.3) is 21.8 Å². The van der Waals surface area contributed by atoms with Gasteiger partial charge in [-0.2, -0.15) is 0 Å². The van der Waals surface area contributed by atoms with Crippen molar-refractivity contribution in [3.8, 4) is 0 Å². The minimum absolute atomic E-state index is 0. The molecular formula is C16H14ClNO4. The molecule has 3 rings (SSSR count). The summed E-state index contributed by atoms with van der Waals surface area (Å²) in [5.41, 5.74) is 1.85. The second-order valence-electron chi connectivity index (χ2n) is 4.23. The Labute approximate surface area is 132 Å². The van der Waals surface area contributed by atoms with E-state index in [1.807, 2.05) is 30.3 Å². The van der Waals surface area contributed by atoms with E-state index in [0.29, 0.717) is 12.0 Å². The molecule has 0 saturated heterocycles. The molecule has 114 valence electrons. The van der Waals surface area contributed by atoms with Crippen molar-refractivity contribution in [1.82, 2.24) is 4.98 Å². The molecule has 0 aliphatic heterocycles. The minimum atomic E-state index is -0.929. The fourth-order valence-corrected chi connectivity index (χ4v) is 1.90. The van der Waals surface area contributed by atoms with Gasteiger partial charge in [0.15, 0.2) is 0 Å². The van der Waals surface area contributed by atoms with Gasteiger partial charge in [0.2, 0.25) is 0 Å². The van der Waals surface area contributed by atoms with Gasteiger partial charge >= 0.3 is 5.97 Å². The summed E-state index contributed by atoms with van der Waals surface area (Å²) in [5, 5.41) is 10.9. The molecule has 0 amide bonds. The molecule has 0 bridgehead atoms. The summed E-state index contributed by atoms with van der Waals surface area (Å²) in [7, 11) is 1.31. The maximum atomic E-state index is 10.9. The normalized spacial score (nSPS) is 9.32. The quantitative estimate of drug-likeness (QED) is 0.579. The van der Waals surface area contributed by atoms with Crippen molar-refractivity contribution in [3.63, 3.8) is 0 Å². The topological polar surface area (TPSA) is 76.5 Å². The number of aromatic carboxylic acids is 1. The molecule has 5 nitrogen and oxygen atoms in total. The van der Waals surface area contributed by atoms with E-state index >= 15 is 0 Å². The van der Waals surface area contributed by atoms with Gasteiger partial charge in [-0.15, -0.1) is 12.4 Å². The standard InChI is InChI=1S/C14H9NO2.C2H4O2.ClH/c16-14(17)11-6-5-10-7-9-3-1-2-4-12(9)15-13(10)8-11;1-4-2-3;/h1-8H,(H,16,17);2H,1H3;1H. The third-order valence-corrected chi connectivity index (χ3v) is 2.86. The van der Waals surface area contributed by atoms with Crippen LogP contribution in [-0.4, -0.2) is 29.6 Å². The number of aromatic nitrogens is 1. The van der Waals surface area contributed by atoms with Crippen molar-refractivity contribution in [2.24, 2.45) is 0 Å². The van der Waals surface area contributed by atoms with Crippen LogP contribution in [0.15, 0.2) is 48.5 Å². The number of carbonyl (C=O) groups is 2. The number of pyridine rings is 1. The summed E-state index contributed by atoms with van der Waals surface area (Å²) in [6.45, 7) is 0.375. The van der Waals surface area contributed by atoms with Gasteiger partial charge in [0, 0.05) is 10.8 Å². The first-order chi connectivity index (χ1) is 10.2. The van der Waals surface area contributed by atoms with E-state index in [1.165, 1.54) is 7.11 Å². The Morgan fingerprint density at radius 3 is 2.36 bits per heavy atom. The number of carboxylic acid groups (broad SMARTS) is 1. The van der Waals surface area contributed by atoms with Crippen molar-refractivity contribution < 1.29 is 19.4 Å². The molecule has 0 aliphatic rings. The van der Waals surface area contributed by atoms with Crippen molar-refractivity contribution >= 4 is 46.7 Å². The number of carboxylic acids is 1. The maximum absolute atomic E-state index is 10.9. The minimum Gasteiger partial charge on any atom is -0.478 e. The SMILES string of the molecule is COC=O.Cl.O=C(O)c1ccc2cc3ccccc3nc2c1. The smallest absolute Gasteiger partial charge is 0.335 e. The lowest BCUT2D eigenvalue weighted by molar-refractivity contribution is -0.126. The van der Waals surface area contributed by atoms with Crippen LogP contribution in [0.2, 0.25) is 0 Å². The number of benzene rings is 2. The van der Waals surface area contributed by atoms with Crippen LogP contribution in [-0.2, 0) is 9.53 Å². The molecular weight excluding hydrogens is 306 g/mol. The zero-order valence-corrected chi connectivity index (χ0v) is 12.5. The van der Waals surface area contributed by atoms with Gasteiger partial charge in [-0.1, -0.05) is 24.3 Å². The summed E-state index contributed by atoms with van der Waals surface area (Å²) in [6.07, 6.45) is 0. The number of ether oxygens (including phenoxy) is 1. The van der Waals surface area contributed by atoms with Crippen LogP contribution in [0.4, 0.5) is 0 Å². The third-order valence-electron chi connectivity index (χ3n) is 2.86. The number of para-hydroxylation sites is 1. The second kappa shape index (κ2) is 7.95. The Kier molecular flexibility index (Phi) is 6.28.